The summed E-state index contributed by atoms with van der Waals surface area (Å²) in [5.74, 6) is 1.12. The van der Waals surface area contributed by atoms with E-state index in [9.17, 15) is 4.79 Å². The van der Waals surface area contributed by atoms with Gasteiger partial charge >= 0.3 is 0 Å². The van der Waals surface area contributed by atoms with E-state index in [0.29, 0.717) is 18.1 Å². The van der Waals surface area contributed by atoms with E-state index in [2.05, 4.69) is 24.0 Å². The number of carbonyl (C=O) groups excluding carboxylic acids is 1. The molecule has 2 rings (SSSR count). The number of hydrogen-bond acceptors (Lipinski definition) is 2. The van der Waals surface area contributed by atoms with Crippen molar-refractivity contribution in [2.45, 2.75) is 52.4 Å². The molecule has 1 aromatic rings. The molecule has 0 radical (unpaired) electrons. The molecule has 0 unspecified atom stereocenters. The zero-order valence-corrected chi connectivity index (χ0v) is 11.0. The second-order valence-corrected chi connectivity index (χ2v) is 5.19. The van der Waals surface area contributed by atoms with Crippen LogP contribution in [0.15, 0.2) is 12.1 Å². The number of hydrogen-bond donors (Lipinski definition) is 0. The van der Waals surface area contributed by atoms with Crippen LogP contribution >= 0.6 is 0 Å². The van der Waals surface area contributed by atoms with Gasteiger partial charge in [-0.25, -0.2) is 0 Å². The Kier molecular flexibility index (Phi) is 3.60. The summed E-state index contributed by atoms with van der Waals surface area (Å²) < 4.78 is 0. The van der Waals surface area contributed by atoms with Crippen molar-refractivity contribution in [1.82, 2.24) is 4.98 Å². The van der Waals surface area contributed by atoms with Crippen molar-refractivity contribution >= 4 is 5.78 Å². The number of ketones is 1. The van der Waals surface area contributed by atoms with Gasteiger partial charge in [-0.3, -0.25) is 9.78 Å². The standard InChI is InChI=1S/C15H21NO/c1-4-15(17)12-7-5-10(2)13-8-6-11(3)16-14(13)9-12/h6,8,10,12H,4-5,7,9H2,1-3H3/t10-,12-/m1/s1. The first-order valence-electron chi connectivity index (χ1n) is 6.61. The highest BCUT2D eigenvalue weighted by molar-refractivity contribution is 5.81. The Morgan fingerprint density at radius 2 is 2.18 bits per heavy atom. The van der Waals surface area contributed by atoms with Gasteiger partial charge in [-0.15, -0.1) is 0 Å². The van der Waals surface area contributed by atoms with Crippen molar-refractivity contribution < 1.29 is 4.79 Å². The molecule has 0 spiro atoms. The monoisotopic (exact) mass is 231 g/mol. The molecule has 0 bridgehead atoms. The number of carbonyl (C=O) groups is 1. The van der Waals surface area contributed by atoms with Gasteiger partial charge < -0.3 is 0 Å². The fourth-order valence-electron chi connectivity index (χ4n) is 2.74. The Bertz CT molecular complexity index is 425. The maximum Gasteiger partial charge on any atom is 0.136 e. The number of Topliss-reactive ketones (excluding diaryl/α,β-unsaturated/α-hetero) is 1. The highest BCUT2D eigenvalue weighted by atomic mass is 16.1. The average molecular weight is 231 g/mol. The minimum absolute atomic E-state index is 0.193. The molecule has 2 atom stereocenters. The van der Waals surface area contributed by atoms with E-state index in [0.717, 1.165) is 30.7 Å². The molecule has 2 nitrogen and oxygen atoms in total. The Morgan fingerprint density at radius 1 is 1.41 bits per heavy atom. The SMILES string of the molecule is CCC(=O)[C@@H]1CC[C@@H](C)c2ccc(C)nc2C1. The summed E-state index contributed by atoms with van der Waals surface area (Å²) in [5, 5.41) is 0. The summed E-state index contributed by atoms with van der Waals surface area (Å²) in [6.07, 6.45) is 3.62. The number of nitrogens with zero attached hydrogens (tertiary/aromatic N) is 1. The van der Waals surface area contributed by atoms with E-state index in [-0.39, 0.29) is 5.92 Å². The van der Waals surface area contributed by atoms with Gasteiger partial charge in [0, 0.05) is 23.7 Å². The van der Waals surface area contributed by atoms with E-state index in [4.69, 9.17) is 0 Å². The molecule has 1 aromatic heterocycles. The third kappa shape index (κ3) is 2.56. The molecule has 1 aliphatic rings. The van der Waals surface area contributed by atoms with Crippen LogP contribution in [0.1, 0.15) is 56.0 Å². The molecule has 0 aliphatic heterocycles. The molecule has 2 heteroatoms. The lowest BCUT2D eigenvalue weighted by Crippen LogP contribution is -2.16. The first-order valence-corrected chi connectivity index (χ1v) is 6.61. The van der Waals surface area contributed by atoms with Gasteiger partial charge in [0.15, 0.2) is 0 Å². The van der Waals surface area contributed by atoms with Gasteiger partial charge in [-0.05, 0) is 43.7 Å². The molecule has 1 heterocycles. The molecule has 0 fully saturated rings. The van der Waals surface area contributed by atoms with Crippen molar-refractivity contribution in [3.8, 4) is 0 Å². The lowest BCUT2D eigenvalue weighted by Gasteiger charge is -2.12. The Hall–Kier alpha value is -1.18. The number of aromatic nitrogens is 1. The zero-order chi connectivity index (χ0) is 12.4. The quantitative estimate of drug-likeness (QED) is 0.730. The molecule has 1 aliphatic carbocycles. The molecule has 0 saturated heterocycles. The summed E-state index contributed by atoms with van der Waals surface area (Å²) in [6, 6.07) is 4.28. The highest BCUT2D eigenvalue weighted by Crippen LogP contribution is 2.32. The molecular weight excluding hydrogens is 210 g/mol. The van der Waals surface area contributed by atoms with Crippen molar-refractivity contribution in [1.29, 1.82) is 0 Å². The highest BCUT2D eigenvalue weighted by Gasteiger charge is 2.25. The van der Waals surface area contributed by atoms with Crippen LogP contribution in [-0.2, 0) is 11.2 Å². The minimum atomic E-state index is 0.193. The lowest BCUT2D eigenvalue weighted by molar-refractivity contribution is -0.122. The maximum absolute atomic E-state index is 11.9. The van der Waals surface area contributed by atoms with Crippen LogP contribution in [0, 0.1) is 12.8 Å². The first-order chi connectivity index (χ1) is 8.11. The normalized spacial score (nSPS) is 23.9. The Balaban J connectivity index is 2.33. The Morgan fingerprint density at radius 3 is 2.88 bits per heavy atom. The first kappa shape index (κ1) is 12.3. The average Bonchev–Trinajstić information content (AvgIpc) is 2.48. The van der Waals surface area contributed by atoms with E-state index in [1.807, 2.05) is 13.8 Å². The van der Waals surface area contributed by atoms with E-state index in [1.54, 1.807) is 0 Å². The van der Waals surface area contributed by atoms with Crippen molar-refractivity contribution in [3.63, 3.8) is 0 Å². The van der Waals surface area contributed by atoms with E-state index < -0.39 is 0 Å². The molecule has 0 aromatic carbocycles. The zero-order valence-electron chi connectivity index (χ0n) is 11.0. The predicted octanol–water partition coefficient (Wildman–Crippen LogP) is 3.43. The van der Waals surface area contributed by atoms with Crippen LogP contribution in [0.3, 0.4) is 0 Å². The molecule has 0 amide bonds. The minimum Gasteiger partial charge on any atom is -0.299 e. The summed E-state index contributed by atoms with van der Waals surface area (Å²) >= 11 is 0. The lowest BCUT2D eigenvalue weighted by atomic mass is 9.93. The topological polar surface area (TPSA) is 30.0 Å². The summed E-state index contributed by atoms with van der Waals surface area (Å²) in [4.78, 5) is 16.5. The predicted molar refractivity (Wildman–Crippen MR) is 69.1 cm³/mol. The second kappa shape index (κ2) is 4.99. The smallest absolute Gasteiger partial charge is 0.136 e. The third-order valence-corrected chi connectivity index (χ3v) is 3.87. The van der Waals surface area contributed by atoms with Crippen LogP contribution in [0.25, 0.3) is 0 Å². The van der Waals surface area contributed by atoms with Gasteiger partial charge in [0.2, 0.25) is 0 Å². The molecular formula is C15H21NO. The van der Waals surface area contributed by atoms with Crippen LogP contribution < -0.4 is 0 Å². The van der Waals surface area contributed by atoms with Gasteiger partial charge in [0.1, 0.15) is 5.78 Å². The van der Waals surface area contributed by atoms with Crippen LogP contribution in [0.4, 0.5) is 0 Å². The van der Waals surface area contributed by atoms with Crippen LogP contribution in [0.2, 0.25) is 0 Å². The number of aryl methyl sites for hydroxylation is 1. The van der Waals surface area contributed by atoms with Crippen molar-refractivity contribution in [3.05, 3.63) is 29.1 Å². The fourth-order valence-corrected chi connectivity index (χ4v) is 2.74. The van der Waals surface area contributed by atoms with Crippen molar-refractivity contribution in [2.75, 3.05) is 0 Å². The third-order valence-electron chi connectivity index (χ3n) is 3.87. The van der Waals surface area contributed by atoms with Gasteiger partial charge in [0.05, 0.1) is 0 Å². The summed E-state index contributed by atoms with van der Waals surface area (Å²) in [7, 11) is 0. The van der Waals surface area contributed by atoms with Crippen LogP contribution in [0.5, 0.6) is 0 Å². The van der Waals surface area contributed by atoms with Gasteiger partial charge in [0.25, 0.3) is 0 Å². The fraction of sp³-hybridized carbons (Fsp3) is 0.600. The number of rotatable bonds is 2. The summed E-state index contributed by atoms with van der Waals surface area (Å²) in [5.41, 5.74) is 3.56. The van der Waals surface area contributed by atoms with E-state index in [1.165, 1.54) is 5.56 Å². The largest absolute Gasteiger partial charge is 0.299 e. The molecule has 17 heavy (non-hydrogen) atoms. The van der Waals surface area contributed by atoms with Gasteiger partial charge in [-0.1, -0.05) is 19.9 Å². The van der Waals surface area contributed by atoms with E-state index >= 15 is 0 Å². The van der Waals surface area contributed by atoms with Gasteiger partial charge in [-0.2, -0.15) is 0 Å². The maximum atomic E-state index is 11.9. The number of fused-ring (bicyclic) bond motifs is 1. The molecule has 0 saturated carbocycles. The number of pyridine rings is 1. The van der Waals surface area contributed by atoms with Crippen LogP contribution in [-0.4, -0.2) is 10.8 Å². The Labute approximate surface area is 103 Å². The molecule has 0 N–H and O–H groups in total. The second-order valence-electron chi connectivity index (χ2n) is 5.19. The molecule has 92 valence electrons. The van der Waals surface area contributed by atoms with Crippen molar-refractivity contribution in [2.24, 2.45) is 5.92 Å². The summed E-state index contributed by atoms with van der Waals surface area (Å²) in [6.45, 7) is 6.22.